The van der Waals surface area contributed by atoms with Gasteiger partial charge < -0.3 is 10.2 Å². The van der Waals surface area contributed by atoms with Crippen LogP contribution in [0.15, 0.2) is 0 Å². The van der Waals surface area contributed by atoms with Crippen LogP contribution in [0.3, 0.4) is 0 Å². The second-order valence-electron chi connectivity index (χ2n) is 2.31. The van der Waals surface area contributed by atoms with E-state index in [0.29, 0.717) is 6.04 Å². The van der Waals surface area contributed by atoms with Gasteiger partial charge in [0.15, 0.2) is 0 Å². The van der Waals surface area contributed by atoms with Crippen LogP contribution in [0, 0.1) is 0 Å². The highest BCUT2D eigenvalue weighted by atomic mass is 32.2. The van der Waals surface area contributed by atoms with Crippen molar-refractivity contribution in [2.45, 2.75) is 6.04 Å². The van der Waals surface area contributed by atoms with Crippen molar-refractivity contribution in [1.82, 2.24) is 10.2 Å². The Morgan fingerprint density at radius 2 is 2.67 bits per heavy atom. The summed E-state index contributed by atoms with van der Waals surface area (Å²) in [7, 11) is 0. The molecule has 3 nitrogen and oxygen atoms in total. The lowest BCUT2D eigenvalue weighted by Crippen LogP contribution is -2.29. The Balaban J connectivity index is 2.15. The fourth-order valence-corrected chi connectivity index (χ4v) is 2.38. The molecule has 0 aromatic rings. The van der Waals surface area contributed by atoms with Gasteiger partial charge in [-0.05, 0) is 0 Å². The summed E-state index contributed by atoms with van der Waals surface area (Å²) < 4.78 is 0. The monoisotopic (exact) mass is 144 g/mol. The van der Waals surface area contributed by atoms with Gasteiger partial charge in [-0.3, -0.25) is 0 Å². The quantitative estimate of drug-likeness (QED) is 0.522. The maximum absolute atomic E-state index is 10.9. The summed E-state index contributed by atoms with van der Waals surface area (Å²) >= 11 is 1.83. The van der Waals surface area contributed by atoms with Gasteiger partial charge in [-0.1, -0.05) is 0 Å². The normalized spacial score (nSPS) is 32.7. The number of amides is 2. The van der Waals surface area contributed by atoms with Crippen LogP contribution in [0.2, 0.25) is 0 Å². The first kappa shape index (κ1) is 5.41. The predicted molar refractivity (Wildman–Crippen MR) is 36.4 cm³/mol. The van der Waals surface area contributed by atoms with Crippen molar-refractivity contribution in [3.05, 3.63) is 0 Å². The summed E-state index contributed by atoms with van der Waals surface area (Å²) in [6.45, 7) is 0.853. The Hall–Kier alpha value is -0.380. The molecule has 0 aromatic carbocycles. The van der Waals surface area contributed by atoms with Gasteiger partial charge >= 0.3 is 6.03 Å². The molecule has 2 amide bonds. The van der Waals surface area contributed by atoms with Gasteiger partial charge in [-0.25, -0.2) is 4.79 Å². The zero-order chi connectivity index (χ0) is 6.27. The molecule has 1 N–H and O–H groups in total. The molecule has 0 saturated carbocycles. The summed E-state index contributed by atoms with van der Waals surface area (Å²) in [6.07, 6.45) is 0. The highest BCUT2D eigenvalue weighted by Gasteiger charge is 2.34. The molecular formula is C5H8N2OS. The standard InChI is InChI=1S/C5H8N2OS/c8-5-6-1-4-2-9-3-7(4)5/h4H,1-3H2,(H,6,8). The molecule has 1 unspecified atom stereocenters. The van der Waals surface area contributed by atoms with E-state index in [4.69, 9.17) is 0 Å². The number of urea groups is 1. The van der Waals surface area contributed by atoms with Crippen molar-refractivity contribution in [1.29, 1.82) is 0 Å². The zero-order valence-electron chi connectivity index (χ0n) is 4.96. The summed E-state index contributed by atoms with van der Waals surface area (Å²) in [5, 5.41) is 2.80. The molecule has 0 spiro atoms. The number of fused-ring (bicyclic) bond motifs is 1. The van der Waals surface area contributed by atoms with Crippen LogP contribution in [-0.2, 0) is 0 Å². The molecule has 4 heteroatoms. The smallest absolute Gasteiger partial charge is 0.318 e. The molecule has 2 aliphatic heterocycles. The van der Waals surface area contributed by atoms with Gasteiger partial charge in [-0.2, -0.15) is 0 Å². The molecule has 2 fully saturated rings. The van der Waals surface area contributed by atoms with Crippen LogP contribution < -0.4 is 5.32 Å². The van der Waals surface area contributed by atoms with Crippen molar-refractivity contribution < 1.29 is 4.79 Å². The van der Waals surface area contributed by atoms with Gasteiger partial charge in [0.05, 0.1) is 11.9 Å². The Morgan fingerprint density at radius 3 is 3.44 bits per heavy atom. The fraction of sp³-hybridized carbons (Fsp3) is 0.800. The van der Waals surface area contributed by atoms with Crippen LogP contribution in [0.5, 0.6) is 0 Å². The topological polar surface area (TPSA) is 32.3 Å². The molecule has 1 atom stereocenters. The van der Waals surface area contributed by atoms with Crippen molar-refractivity contribution >= 4 is 17.8 Å². The molecule has 0 aromatic heterocycles. The van der Waals surface area contributed by atoms with Crippen LogP contribution in [-0.4, -0.2) is 35.1 Å². The lowest BCUT2D eigenvalue weighted by Gasteiger charge is -2.09. The molecule has 2 aliphatic rings. The third-order valence-corrected chi connectivity index (χ3v) is 2.81. The first-order valence-electron chi connectivity index (χ1n) is 3.00. The number of nitrogens with zero attached hydrogens (tertiary/aromatic N) is 1. The lowest BCUT2D eigenvalue weighted by atomic mass is 10.3. The Labute approximate surface area is 57.8 Å². The van der Waals surface area contributed by atoms with E-state index in [0.717, 1.165) is 18.2 Å². The van der Waals surface area contributed by atoms with E-state index < -0.39 is 0 Å². The molecular weight excluding hydrogens is 136 g/mol. The first-order valence-corrected chi connectivity index (χ1v) is 4.15. The molecule has 2 heterocycles. The van der Waals surface area contributed by atoms with Crippen molar-refractivity contribution in [3.8, 4) is 0 Å². The third kappa shape index (κ3) is 0.694. The molecule has 2 saturated heterocycles. The third-order valence-electron chi connectivity index (χ3n) is 1.73. The van der Waals surface area contributed by atoms with Gasteiger partial charge in [0, 0.05) is 12.3 Å². The highest BCUT2D eigenvalue weighted by Crippen LogP contribution is 2.22. The van der Waals surface area contributed by atoms with Gasteiger partial charge in [-0.15, -0.1) is 11.8 Å². The van der Waals surface area contributed by atoms with Gasteiger partial charge in [0.1, 0.15) is 0 Å². The van der Waals surface area contributed by atoms with Crippen molar-refractivity contribution in [2.24, 2.45) is 0 Å². The van der Waals surface area contributed by atoms with Crippen LogP contribution in [0.1, 0.15) is 0 Å². The predicted octanol–water partition coefficient (Wildman–Crippen LogP) is 0.0845. The number of nitrogens with one attached hydrogen (secondary N) is 1. The van der Waals surface area contributed by atoms with Crippen LogP contribution in [0.25, 0.3) is 0 Å². The molecule has 9 heavy (non-hydrogen) atoms. The molecule has 0 bridgehead atoms. The average molecular weight is 144 g/mol. The van der Waals surface area contributed by atoms with E-state index in [1.165, 1.54) is 0 Å². The largest absolute Gasteiger partial charge is 0.336 e. The minimum absolute atomic E-state index is 0.116. The summed E-state index contributed by atoms with van der Waals surface area (Å²) in [4.78, 5) is 12.8. The molecule has 2 rings (SSSR count). The number of thioether (sulfide) groups is 1. The number of carbonyl (C=O) groups excluding carboxylic acids is 1. The van der Waals surface area contributed by atoms with E-state index in [1.54, 1.807) is 0 Å². The van der Waals surface area contributed by atoms with Crippen molar-refractivity contribution in [2.75, 3.05) is 18.2 Å². The lowest BCUT2D eigenvalue weighted by molar-refractivity contribution is 0.219. The second-order valence-corrected chi connectivity index (χ2v) is 3.31. The van der Waals surface area contributed by atoms with Crippen LogP contribution in [0.4, 0.5) is 4.79 Å². The van der Waals surface area contributed by atoms with Crippen molar-refractivity contribution in [3.63, 3.8) is 0 Å². The van der Waals surface area contributed by atoms with Gasteiger partial charge in [0.2, 0.25) is 0 Å². The number of rotatable bonds is 0. The van der Waals surface area contributed by atoms with E-state index >= 15 is 0 Å². The Kier molecular flexibility index (Phi) is 1.08. The minimum atomic E-state index is 0.116. The van der Waals surface area contributed by atoms with Crippen LogP contribution >= 0.6 is 11.8 Å². The summed E-state index contributed by atoms with van der Waals surface area (Å²) in [5.74, 6) is 2.00. The number of hydrogen-bond acceptors (Lipinski definition) is 2. The highest BCUT2D eigenvalue weighted by molar-refractivity contribution is 7.99. The number of carbonyl (C=O) groups is 1. The van der Waals surface area contributed by atoms with E-state index in [-0.39, 0.29) is 6.03 Å². The maximum Gasteiger partial charge on any atom is 0.318 e. The van der Waals surface area contributed by atoms with E-state index in [2.05, 4.69) is 5.32 Å². The first-order chi connectivity index (χ1) is 4.38. The average Bonchev–Trinajstić information content (AvgIpc) is 2.35. The second kappa shape index (κ2) is 1.80. The van der Waals surface area contributed by atoms with E-state index in [1.807, 2.05) is 16.7 Å². The zero-order valence-corrected chi connectivity index (χ0v) is 5.78. The molecule has 50 valence electrons. The van der Waals surface area contributed by atoms with E-state index in [9.17, 15) is 4.79 Å². The number of hydrogen-bond donors (Lipinski definition) is 1. The Morgan fingerprint density at radius 1 is 1.78 bits per heavy atom. The summed E-state index contributed by atoms with van der Waals surface area (Å²) in [6, 6.07) is 0.604. The maximum atomic E-state index is 10.9. The van der Waals surface area contributed by atoms with Gasteiger partial charge in [0.25, 0.3) is 0 Å². The molecule has 0 aliphatic carbocycles. The minimum Gasteiger partial charge on any atom is -0.336 e. The fourth-order valence-electron chi connectivity index (χ4n) is 1.18. The summed E-state index contributed by atoms with van der Waals surface area (Å²) in [5.41, 5.74) is 0. The SMILES string of the molecule is O=C1NCC2CSCN12. The molecule has 0 radical (unpaired) electrons. The Bertz CT molecular complexity index is 150.